The molecule has 9 heteroatoms. The number of carbonyl (C=O) groups excluding carboxylic acids is 1. The summed E-state index contributed by atoms with van der Waals surface area (Å²) in [5.41, 5.74) is 0.179. The molecule has 0 spiro atoms. The van der Waals surface area contributed by atoms with Gasteiger partial charge in [-0.3, -0.25) is 14.2 Å². The van der Waals surface area contributed by atoms with E-state index in [2.05, 4.69) is 10.4 Å². The minimum absolute atomic E-state index is 0.0533. The second-order valence-electron chi connectivity index (χ2n) is 8.20. The third-order valence-electron chi connectivity index (χ3n) is 5.61. The quantitative estimate of drug-likeness (QED) is 0.618. The van der Waals surface area contributed by atoms with Crippen LogP contribution < -0.4 is 16.6 Å². The number of benzene rings is 2. The van der Waals surface area contributed by atoms with Crippen molar-refractivity contribution in [1.82, 2.24) is 19.7 Å². The van der Waals surface area contributed by atoms with Crippen LogP contribution in [0, 0.1) is 19.7 Å². The fourth-order valence-corrected chi connectivity index (χ4v) is 3.77. The normalized spacial score (nSPS) is 15.5. The molecule has 1 aromatic heterocycles. The molecule has 3 aromatic rings. The van der Waals surface area contributed by atoms with E-state index >= 15 is 0 Å². The molecule has 0 radical (unpaired) electrons. The van der Waals surface area contributed by atoms with E-state index in [0.29, 0.717) is 17.7 Å². The average molecular weight is 452 g/mol. The Morgan fingerprint density at radius 3 is 2.73 bits per heavy atom. The molecular weight excluding hydrogens is 427 g/mol. The maximum Gasteiger partial charge on any atom is 0.352 e. The van der Waals surface area contributed by atoms with Gasteiger partial charge in [0.05, 0.1) is 18.3 Å². The molecule has 33 heavy (non-hydrogen) atoms. The summed E-state index contributed by atoms with van der Waals surface area (Å²) in [4.78, 5) is 39.2. The van der Waals surface area contributed by atoms with Gasteiger partial charge in [-0.05, 0) is 43.9 Å². The van der Waals surface area contributed by atoms with Crippen LogP contribution in [0.15, 0.2) is 52.1 Å². The molecule has 1 atom stereocenters. The Morgan fingerprint density at radius 2 is 2.03 bits per heavy atom. The largest absolute Gasteiger partial charge is 0.376 e. The van der Waals surface area contributed by atoms with E-state index < -0.39 is 28.7 Å². The first-order chi connectivity index (χ1) is 15.8. The van der Waals surface area contributed by atoms with Gasteiger partial charge in [-0.25, -0.2) is 9.18 Å². The van der Waals surface area contributed by atoms with Gasteiger partial charge < -0.3 is 10.1 Å². The first kappa shape index (κ1) is 22.6. The molecule has 4 rings (SSSR count). The predicted molar refractivity (Wildman–Crippen MR) is 120 cm³/mol. The standard InChI is InChI=1S/C24H25FN4O4/c1-15-5-3-6-17(11-15)14-28-23(31)21(22(30)26-13-19-7-4-10-33-19)27-29(24(28)32)18-9-8-16(2)20(25)12-18/h3,5-6,8-9,11-12,19H,4,7,10,13-14H2,1-2H3,(H,26,30). The highest BCUT2D eigenvalue weighted by Crippen LogP contribution is 2.12. The summed E-state index contributed by atoms with van der Waals surface area (Å²) in [5, 5.41) is 6.70. The van der Waals surface area contributed by atoms with Crippen LogP contribution in [0.25, 0.3) is 5.69 Å². The van der Waals surface area contributed by atoms with Crippen LogP contribution in [-0.4, -0.2) is 39.5 Å². The zero-order chi connectivity index (χ0) is 23.5. The lowest BCUT2D eigenvalue weighted by Gasteiger charge is -2.14. The van der Waals surface area contributed by atoms with E-state index in [4.69, 9.17) is 4.74 Å². The van der Waals surface area contributed by atoms with Crippen LogP contribution in [0.4, 0.5) is 4.39 Å². The molecule has 1 aliphatic rings. The molecule has 1 fully saturated rings. The molecule has 172 valence electrons. The van der Waals surface area contributed by atoms with Crippen molar-refractivity contribution in [2.75, 3.05) is 13.2 Å². The molecule has 0 saturated carbocycles. The third kappa shape index (κ3) is 4.93. The van der Waals surface area contributed by atoms with Crippen molar-refractivity contribution in [1.29, 1.82) is 0 Å². The SMILES string of the molecule is Cc1cccc(Cn2c(=O)c(C(=O)NCC3CCCO3)nn(-c3ccc(C)c(F)c3)c2=O)c1. The number of hydrogen-bond donors (Lipinski definition) is 1. The van der Waals surface area contributed by atoms with Crippen molar-refractivity contribution in [3.63, 3.8) is 0 Å². The van der Waals surface area contributed by atoms with Crippen LogP contribution in [-0.2, 0) is 11.3 Å². The number of carbonyl (C=O) groups is 1. The number of hydrogen-bond acceptors (Lipinski definition) is 5. The smallest absolute Gasteiger partial charge is 0.352 e. The van der Waals surface area contributed by atoms with Gasteiger partial charge in [-0.2, -0.15) is 9.78 Å². The summed E-state index contributed by atoms with van der Waals surface area (Å²) in [6.45, 7) is 4.30. The van der Waals surface area contributed by atoms with Gasteiger partial charge in [0, 0.05) is 19.2 Å². The molecule has 8 nitrogen and oxygen atoms in total. The lowest BCUT2D eigenvalue weighted by atomic mass is 10.1. The van der Waals surface area contributed by atoms with Crippen molar-refractivity contribution >= 4 is 5.91 Å². The Hall–Kier alpha value is -3.59. The number of aryl methyl sites for hydroxylation is 2. The van der Waals surface area contributed by atoms with Crippen molar-refractivity contribution in [2.45, 2.75) is 39.3 Å². The van der Waals surface area contributed by atoms with Gasteiger partial charge in [-0.1, -0.05) is 35.9 Å². The zero-order valence-corrected chi connectivity index (χ0v) is 18.5. The maximum absolute atomic E-state index is 14.2. The number of amides is 1. The highest BCUT2D eigenvalue weighted by molar-refractivity contribution is 5.91. The zero-order valence-electron chi connectivity index (χ0n) is 18.5. The van der Waals surface area contributed by atoms with E-state index in [0.717, 1.165) is 33.7 Å². The third-order valence-corrected chi connectivity index (χ3v) is 5.61. The summed E-state index contributed by atoms with van der Waals surface area (Å²) in [6.07, 6.45) is 1.60. The highest BCUT2D eigenvalue weighted by atomic mass is 19.1. The minimum Gasteiger partial charge on any atom is -0.376 e. The Balaban J connectivity index is 1.79. The van der Waals surface area contributed by atoms with Gasteiger partial charge in [0.2, 0.25) is 5.69 Å². The van der Waals surface area contributed by atoms with Crippen molar-refractivity contribution in [3.05, 3.63) is 91.5 Å². The van der Waals surface area contributed by atoms with E-state index in [9.17, 15) is 18.8 Å². The summed E-state index contributed by atoms with van der Waals surface area (Å²) >= 11 is 0. The van der Waals surface area contributed by atoms with Gasteiger partial charge in [0.1, 0.15) is 5.82 Å². The number of rotatable bonds is 6. The number of nitrogens with one attached hydrogen (secondary N) is 1. The molecule has 0 bridgehead atoms. The Morgan fingerprint density at radius 1 is 1.21 bits per heavy atom. The van der Waals surface area contributed by atoms with Gasteiger partial charge in [-0.15, -0.1) is 0 Å². The lowest BCUT2D eigenvalue weighted by molar-refractivity contribution is 0.0849. The van der Waals surface area contributed by atoms with Gasteiger partial charge in [0.15, 0.2) is 0 Å². The predicted octanol–water partition coefficient (Wildman–Crippen LogP) is 2.11. The topological polar surface area (TPSA) is 95.2 Å². The van der Waals surface area contributed by atoms with Crippen LogP contribution in [0.5, 0.6) is 0 Å². The first-order valence-electron chi connectivity index (χ1n) is 10.8. The molecule has 1 N–H and O–H groups in total. The molecule has 2 heterocycles. The maximum atomic E-state index is 14.2. The highest BCUT2D eigenvalue weighted by Gasteiger charge is 2.23. The number of halogens is 1. The first-order valence-corrected chi connectivity index (χ1v) is 10.8. The molecule has 1 saturated heterocycles. The minimum atomic E-state index is -0.810. The van der Waals surface area contributed by atoms with Crippen molar-refractivity contribution in [3.8, 4) is 5.69 Å². The Labute approximate surface area is 189 Å². The molecule has 1 aliphatic heterocycles. The number of ether oxygens (including phenoxy) is 1. The summed E-state index contributed by atoms with van der Waals surface area (Å²) in [7, 11) is 0. The molecule has 2 aromatic carbocycles. The lowest BCUT2D eigenvalue weighted by Crippen LogP contribution is -2.46. The van der Waals surface area contributed by atoms with E-state index in [1.165, 1.54) is 12.1 Å². The van der Waals surface area contributed by atoms with Gasteiger partial charge in [0.25, 0.3) is 11.5 Å². The van der Waals surface area contributed by atoms with Gasteiger partial charge >= 0.3 is 5.69 Å². The fraction of sp³-hybridized carbons (Fsp3) is 0.333. The molecular formula is C24H25FN4O4. The van der Waals surface area contributed by atoms with E-state index in [-0.39, 0.29) is 24.9 Å². The van der Waals surface area contributed by atoms with Crippen molar-refractivity contribution in [2.24, 2.45) is 0 Å². The fourth-order valence-electron chi connectivity index (χ4n) is 3.77. The monoisotopic (exact) mass is 452 g/mol. The molecule has 0 aliphatic carbocycles. The summed E-state index contributed by atoms with van der Waals surface area (Å²) < 4.78 is 21.6. The van der Waals surface area contributed by atoms with Crippen LogP contribution in [0.1, 0.15) is 40.0 Å². The number of aromatic nitrogens is 3. The summed E-state index contributed by atoms with van der Waals surface area (Å²) in [5.74, 6) is -1.24. The van der Waals surface area contributed by atoms with Crippen LogP contribution in [0.3, 0.4) is 0 Å². The molecule has 1 unspecified atom stereocenters. The number of nitrogens with zero attached hydrogens (tertiary/aromatic N) is 3. The summed E-state index contributed by atoms with van der Waals surface area (Å²) in [6, 6.07) is 11.5. The van der Waals surface area contributed by atoms with E-state index in [1.54, 1.807) is 13.0 Å². The van der Waals surface area contributed by atoms with Crippen molar-refractivity contribution < 1.29 is 13.9 Å². The second-order valence-corrected chi connectivity index (χ2v) is 8.20. The van der Waals surface area contributed by atoms with E-state index in [1.807, 2.05) is 25.1 Å². The van der Waals surface area contributed by atoms with Crippen LogP contribution in [0.2, 0.25) is 0 Å². The Bertz CT molecular complexity index is 1310. The average Bonchev–Trinajstić information content (AvgIpc) is 3.31. The van der Waals surface area contributed by atoms with Crippen LogP contribution >= 0.6 is 0 Å². The molecule has 1 amide bonds. The Kier molecular flexibility index (Phi) is 6.50. The second kappa shape index (κ2) is 9.50.